The number of methoxy groups -OCH3 is 5. The molecule has 0 amide bonds. The summed E-state index contributed by atoms with van der Waals surface area (Å²) in [5, 5.41) is 6.61. The molecule has 0 saturated heterocycles. The van der Waals surface area contributed by atoms with Crippen LogP contribution >= 0.6 is 24.0 Å². The van der Waals surface area contributed by atoms with Gasteiger partial charge in [-0.1, -0.05) is 0 Å². The number of halogens is 1. The summed E-state index contributed by atoms with van der Waals surface area (Å²) in [4.78, 5) is 4.28. The highest BCUT2D eigenvalue weighted by Crippen LogP contribution is 2.38. The van der Waals surface area contributed by atoms with Crippen LogP contribution in [0.1, 0.15) is 11.1 Å². The number of hydrogen-bond acceptors (Lipinski definition) is 6. The van der Waals surface area contributed by atoms with Gasteiger partial charge in [-0.2, -0.15) is 0 Å². The fourth-order valence-electron chi connectivity index (χ4n) is 3.04. The van der Waals surface area contributed by atoms with Gasteiger partial charge in [-0.05, 0) is 47.9 Å². The zero-order valence-corrected chi connectivity index (χ0v) is 21.2. The van der Waals surface area contributed by atoms with E-state index in [9.17, 15) is 0 Å². The highest BCUT2D eigenvalue weighted by atomic mass is 127. The molecule has 0 spiro atoms. The zero-order valence-electron chi connectivity index (χ0n) is 18.9. The molecule has 172 valence electrons. The van der Waals surface area contributed by atoms with Crippen molar-refractivity contribution in [1.29, 1.82) is 0 Å². The number of guanidine groups is 1. The number of nitrogens with one attached hydrogen (secondary N) is 2. The summed E-state index contributed by atoms with van der Waals surface area (Å²) in [6.07, 6.45) is 0.755. The first kappa shape index (κ1) is 26.5. The molecule has 0 heterocycles. The monoisotopic (exact) mass is 545 g/mol. The average Bonchev–Trinajstić information content (AvgIpc) is 2.80. The summed E-state index contributed by atoms with van der Waals surface area (Å²) >= 11 is 0. The van der Waals surface area contributed by atoms with Crippen LogP contribution in [-0.2, 0) is 13.0 Å². The number of aliphatic imine (C=N–C) groups is 1. The van der Waals surface area contributed by atoms with Crippen LogP contribution in [0.15, 0.2) is 35.3 Å². The lowest BCUT2D eigenvalue weighted by atomic mass is 10.1. The van der Waals surface area contributed by atoms with Gasteiger partial charge in [0, 0.05) is 20.1 Å². The highest BCUT2D eigenvalue weighted by Gasteiger charge is 2.13. The molecule has 2 N–H and O–H groups in total. The average molecular weight is 545 g/mol. The minimum absolute atomic E-state index is 0. The van der Waals surface area contributed by atoms with Gasteiger partial charge >= 0.3 is 0 Å². The van der Waals surface area contributed by atoms with E-state index in [0.29, 0.717) is 36.3 Å². The van der Waals surface area contributed by atoms with Crippen molar-refractivity contribution in [3.63, 3.8) is 0 Å². The predicted octanol–water partition coefficient (Wildman–Crippen LogP) is 3.26. The normalized spacial score (nSPS) is 10.6. The lowest BCUT2D eigenvalue weighted by molar-refractivity contribution is 0.323. The molecule has 0 radical (unpaired) electrons. The fraction of sp³-hybridized carbons (Fsp3) is 0.409. The maximum Gasteiger partial charge on any atom is 0.203 e. The second-order valence-electron chi connectivity index (χ2n) is 6.31. The van der Waals surface area contributed by atoms with Crippen LogP contribution in [0.5, 0.6) is 28.7 Å². The molecule has 0 aliphatic carbocycles. The first-order valence-electron chi connectivity index (χ1n) is 9.54. The Bertz CT molecular complexity index is 836. The van der Waals surface area contributed by atoms with Crippen LogP contribution in [0.2, 0.25) is 0 Å². The minimum Gasteiger partial charge on any atom is -0.497 e. The van der Waals surface area contributed by atoms with Gasteiger partial charge in [0.1, 0.15) is 11.5 Å². The third-order valence-corrected chi connectivity index (χ3v) is 4.58. The Morgan fingerprint density at radius 1 is 0.806 bits per heavy atom. The van der Waals surface area contributed by atoms with Crippen molar-refractivity contribution in [2.45, 2.75) is 13.0 Å². The molecule has 31 heavy (non-hydrogen) atoms. The van der Waals surface area contributed by atoms with E-state index in [0.717, 1.165) is 29.0 Å². The number of ether oxygens (including phenoxy) is 5. The Hall–Kier alpha value is -2.56. The van der Waals surface area contributed by atoms with Crippen molar-refractivity contribution in [2.24, 2.45) is 4.99 Å². The van der Waals surface area contributed by atoms with Crippen LogP contribution in [0.3, 0.4) is 0 Å². The third kappa shape index (κ3) is 7.27. The summed E-state index contributed by atoms with van der Waals surface area (Å²) in [5.41, 5.74) is 2.03. The Kier molecular flexibility index (Phi) is 11.7. The lowest BCUT2D eigenvalue weighted by Gasteiger charge is -2.16. The van der Waals surface area contributed by atoms with Gasteiger partial charge in [0.2, 0.25) is 5.75 Å². The maximum atomic E-state index is 5.43. The second-order valence-corrected chi connectivity index (χ2v) is 6.31. The molecule has 2 aromatic carbocycles. The molecule has 0 saturated carbocycles. The first-order valence-corrected chi connectivity index (χ1v) is 9.54. The smallest absolute Gasteiger partial charge is 0.203 e. The summed E-state index contributed by atoms with van der Waals surface area (Å²) in [5.74, 6) is 4.11. The van der Waals surface area contributed by atoms with Gasteiger partial charge in [0.25, 0.3) is 0 Å². The minimum atomic E-state index is 0. The van der Waals surface area contributed by atoms with Crippen molar-refractivity contribution in [1.82, 2.24) is 10.6 Å². The van der Waals surface area contributed by atoms with Gasteiger partial charge in [-0.15, -0.1) is 24.0 Å². The molecular formula is C22H32IN3O5. The van der Waals surface area contributed by atoms with Gasteiger partial charge in [-0.3, -0.25) is 4.99 Å². The molecule has 0 atom stereocenters. The standard InChI is InChI=1S/C22H31N3O5.HI/c1-23-22(24-10-9-16-13-17(26-2)7-8-18(16)27-3)25-14-15-11-19(28-4)21(30-6)20(12-15)29-5;/h7-8,11-13H,9-10,14H2,1-6H3,(H2,23,24,25);1H. The first-order chi connectivity index (χ1) is 14.6. The maximum absolute atomic E-state index is 5.43. The largest absolute Gasteiger partial charge is 0.497 e. The SMILES string of the molecule is CN=C(NCCc1cc(OC)ccc1OC)NCc1cc(OC)c(OC)c(OC)c1.I. The van der Waals surface area contributed by atoms with E-state index in [1.54, 1.807) is 42.6 Å². The number of nitrogens with zero attached hydrogens (tertiary/aromatic N) is 1. The molecule has 0 aliphatic rings. The predicted molar refractivity (Wildman–Crippen MR) is 133 cm³/mol. The summed E-state index contributed by atoms with van der Waals surface area (Å²) in [7, 11) is 9.83. The molecule has 2 aromatic rings. The Morgan fingerprint density at radius 2 is 1.45 bits per heavy atom. The molecule has 0 aromatic heterocycles. The van der Waals surface area contributed by atoms with Crippen molar-refractivity contribution < 1.29 is 23.7 Å². The molecule has 2 rings (SSSR count). The van der Waals surface area contributed by atoms with E-state index in [2.05, 4.69) is 15.6 Å². The molecule has 0 unspecified atom stereocenters. The van der Waals surface area contributed by atoms with Crippen LogP contribution in [0.4, 0.5) is 0 Å². The van der Waals surface area contributed by atoms with Crippen LogP contribution in [0.25, 0.3) is 0 Å². The van der Waals surface area contributed by atoms with Gasteiger partial charge in [-0.25, -0.2) is 0 Å². The topological polar surface area (TPSA) is 82.6 Å². The molecule has 0 aliphatic heterocycles. The molecule has 9 heteroatoms. The quantitative estimate of drug-likeness (QED) is 0.270. The lowest BCUT2D eigenvalue weighted by Crippen LogP contribution is -2.37. The van der Waals surface area contributed by atoms with Gasteiger partial charge < -0.3 is 34.3 Å². The van der Waals surface area contributed by atoms with E-state index in [4.69, 9.17) is 23.7 Å². The molecular weight excluding hydrogens is 513 g/mol. The van der Waals surface area contributed by atoms with Crippen LogP contribution < -0.4 is 34.3 Å². The Morgan fingerprint density at radius 3 is 1.97 bits per heavy atom. The van der Waals surface area contributed by atoms with E-state index in [1.165, 1.54) is 0 Å². The van der Waals surface area contributed by atoms with E-state index >= 15 is 0 Å². The van der Waals surface area contributed by atoms with Crippen molar-refractivity contribution in [3.05, 3.63) is 41.5 Å². The summed E-state index contributed by atoms with van der Waals surface area (Å²) in [6.45, 7) is 1.22. The van der Waals surface area contributed by atoms with Crippen molar-refractivity contribution >= 4 is 29.9 Å². The van der Waals surface area contributed by atoms with Gasteiger partial charge in [0.15, 0.2) is 17.5 Å². The highest BCUT2D eigenvalue weighted by molar-refractivity contribution is 14.0. The van der Waals surface area contributed by atoms with Crippen LogP contribution in [-0.4, -0.2) is 55.1 Å². The zero-order chi connectivity index (χ0) is 21.9. The summed E-state index contributed by atoms with van der Waals surface area (Å²) in [6, 6.07) is 9.58. The number of rotatable bonds is 10. The second kappa shape index (κ2) is 13.7. The van der Waals surface area contributed by atoms with Gasteiger partial charge in [0.05, 0.1) is 35.5 Å². The Labute approximate surface area is 201 Å². The van der Waals surface area contributed by atoms with E-state index in [-0.39, 0.29) is 24.0 Å². The van der Waals surface area contributed by atoms with Crippen molar-refractivity contribution in [3.8, 4) is 28.7 Å². The number of benzene rings is 2. The number of hydrogen-bond donors (Lipinski definition) is 2. The van der Waals surface area contributed by atoms with E-state index < -0.39 is 0 Å². The Balaban J connectivity index is 0.00000480. The van der Waals surface area contributed by atoms with E-state index in [1.807, 2.05) is 30.3 Å². The summed E-state index contributed by atoms with van der Waals surface area (Å²) < 4.78 is 26.9. The molecule has 0 fully saturated rings. The van der Waals surface area contributed by atoms with Crippen molar-refractivity contribution in [2.75, 3.05) is 49.1 Å². The molecule has 8 nitrogen and oxygen atoms in total. The fourth-order valence-corrected chi connectivity index (χ4v) is 3.04. The molecule has 0 bridgehead atoms. The van der Waals surface area contributed by atoms with Crippen LogP contribution in [0, 0.1) is 0 Å². The third-order valence-electron chi connectivity index (χ3n) is 4.58.